The maximum atomic E-state index is 13.0. The number of rotatable bonds is 6. The number of para-hydroxylation sites is 1. The predicted molar refractivity (Wildman–Crippen MR) is 140 cm³/mol. The normalized spacial score (nSPS) is 19.1. The molecule has 0 spiro atoms. The lowest BCUT2D eigenvalue weighted by atomic mass is 10.1. The van der Waals surface area contributed by atoms with E-state index in [-0.39, 0.29) is 11.8 Å². The highest BCUT2D eigenvalue weighted by molar-refractivity contribution is 5.83. The van der Waals surface area contributed by atoms with E-state index in [4.69, 9.17) is 9.72 Å². The van der Waals surface area contributed by atoms with Crippen LogP contribution in [0.15, 0.2) is 97.2 Å². The van der Waals surface area contributed by atoms with E-state index in [2.05, 4.69) is 34.1 Å². The molecule has 0 bridgehead atoms. The van der Waals surface area contributed by atoms with Crippen molar-refractivity contribution in [2.24, 2.45) is 5.92 Å². The van der Waals surface area contributed by atoms with E-state index in [1.165, 1.54) is 5.56 Å². The molecule has 3 aromatic carbocycles. The number of carbonyl (C=O) groups is 1. The molecule has 0 N–H and O–H groups in total. The molecule has 2 atom stereocenters. The average molecular weight is 477 g/mol. The van der Waals surface area contributed by atoms with Crippen molar-refractivity contribution < 1.29 is 9.53 Å². The maximum Gasteiger partial charge on any atom is 0.226 e. The summed E-state index contributed by atoms with van der Waals surface area (Å²) in [5.41, 5.74) is 3.15. The molecule has 0 unspecified atom stereocenters. The van der Waals surface area contributed by atoms with Gasteiger partial charge in [0.2, 0.25) is 11.9 Å². The highest BCUT2D eigenvalue weighted by Crippen LogP contribution is 2.48. The number of carbonyl (C=O) groups excluding carboxylic acids is 1. The lowest BCUT2D eigenvalue weighted by Gasteiger charge is -2.35. The van der Waals surface area contributed by atoms with E-state index < -0.39 is 0 Å². The van der Waals surface area contributed by atoms with Crippen LogP contribution in [0.25, 0.3) is 11.3 Å². The van der Waals surface area contributed by atoms with Gasteiger partial charge in [-0.1, -0.05) is 48.5 Å². The fraction of sp³-hybridized carbons (Fsp3) is 0.233. The zero-order chi connectivity index (χ0) is 24.3. The Morgan fingerprint density at radius 3 is 2.17 bits per heavy atom. The van der Waals surface area contributed by atoms with Gasteiger partial charge in [0.15, 0.2) is 0 Å². The summed E-state index contributed by atoms with van der Waals surface area (Å²) >= 11 is 0. The smallest absolute Gasteiger partial charge is 0.226 e. The minimum Gasteiger partial charge on any atom is -0.457 e. The third-order valence-electron chi connectivity index (χ3n) is 6.98. The van der Waals surface area contributed by atoms with Crippen molar-refractivity contribution in [2.45, 2.75) is 12.3 Å². The van der Waals surface area contributed by atoms with Crippen LogP contribution in [-0.4, -0.2) is 47.0 Å². The highest BCUT2D eigenvalue weighted by atomic mass is 16.5. The Hall–Kier alpha value is -4.19. The molecule has 6 rings (SSSR count). The van der Waals surface area contributed by atoms with Crippen LogP contribution >= 0.6 is 0 Å². The first-order chi connectivity index (χ1) is 17.7. The van der Waals surface area contributed by atoms with Crippen LogP contribution in [0.5, 0.6) is 11.5 Å². The Labute approximate surface area is 211 Å². The van der Waals surface area contributed by atoms with Gasteiger partial charge >= 0.3 is 0 Å². The number of hydrogen-bond acceptors (Lipinski definition) is 5. The largest absolute Gasteiger partial charge is 0.457 e. The molecular weight excluding hydrogens is 448 g/mol. The third kappa shape index (κ3) is 4.80. The van der Waals surface area contributed by atoms with Crippen molar-refractivity contribution >= 4 is 11.9 Å². The summed E-state index contributed by atoms with van der Waals surface area (Å²) in [5, 5.41) is 0. The van der Waals surface area contributed by atoms with E-state index in [1.807, 2.05) is 71.6 Å². The predicted octanol–water partition coefficient (Wildman–Crippen LogP) is 5.39. The Morgan fingerprint density at radius 1 is 0.778 bits per heavy atom. The van der Waals surface area contributed by atoms with Gasteiger partial charge in [0.05, 0.1) is 5.69 Å². The fourth-order valence-corrected chi connectivity index (χ4v) is 4.88. The average Bonchev–Trinajstić information content (AvgIpc) is 3.76. The first-order valence-corrected chi connectivity index (χ1v) is 12.5. The topological polar surface area (TPSA) is 58.6 Å². The van der Waals surface area contributed by atoms with Crippen molar-refractivity contribution in [1.29, 1.82) is 0 Å². The molecular formula is C30H28N4O2. The minimum atomic E-state index is 0.132. The zero-order valence-corrected chi connectivity index (χ0v) is 20.0. The van der Waals surface area contributed by atoms with Crippen molar-refractivity contribution in [3.05, 3.63) is 103 Å². The second-order valence-corrected chi connectivity index (χ2v) is 9.35. The van der Waals surface area contributed by atoms with E-state index >= 15 is 0 Å². The summed E-state index contributed by atoms with van der Waals surface area (Å²) in [5.74, 6) is 3.09. The molecule has 6 nitrogen and oxygen atoms in total. The molecule has 36 heavy (non-hydrogen) atoms. The molecule has 1 saturated heterocycles. The first kappa shape index (κ1) is 22.3. The van der Waals surface area contributed by atoms with Crippen molar-refractivity contribution in [1.82, 2.24) is 14.9 Å². The monoisotopic (exact) mass is 476 g/mol. The van der Waals surface area contributed by atoms with Crippen molar-refractivity contribution in [3.63, 3.8) is 0 Å². The second kappa shape index (κ2) is 9.82. The number of piperazine rings is 1. The zero-order valence-electron chi connectivity index (χ0n) is 20.0. The Bertz CT molecular complexity index is 1320. The summed E-state index contributed by atoms with van der Waals surface area (Å²) in [6.07, 6.45) is 2.77. The van der Waals surface area contributed by atoms with Gasteiger partial charge < -0.3 is 14.5 Å². The van der Waals surface area contributed by atoms with Gasteiger partial charge in [-0.3, -0.25) is 4.79 Å². The molecule has 1 amide bonds. The number of amides is 1. The summed E-state index contributed by atoms with van der Waals surface area (Å²) in [4.78, 5) is 26.6. The van der Waals surface area contributed by atoms with Gasteiger partial charge in [0, 0.05) is 43.9 Å². The molecule has 0 radical (unpaired) electrons. The number of benzene rings is 3. The minimum absolute atomic E-state index is 0.132. The molecule has 1 aromatic heterocycles. The summed E-state index contributed by atoms with van der Waals surface area (Å²) in [6, 6.07) is 30.0. The van der Waals surface area contributed by atoms with E-state index in [9.17, 15) is 4.79 Å². The highest BCUT2D eigenvalue weighted by Gasteiger charge is 2.46. The van der Waals surface area contributed by atoms with E-state index in [0.717, 1.165) is 42.3 Å². The standard InChI is InChI=1S/C30H28N4O2/c35-29(27-21-26(27)22-7-3-1-4-8-22)33-17-19-34(20-18-33)30-31-16-15-28(32-30)23-11-13-25(14-12-23)36-24-9-5-2-6-10-24/h1-16,26-27H,17-21H2/t26-,27-/m0/s1. The van der Waals surface area contributed by atoms with Gasteiger partial charge in [0.25, 0.3) is 0 Å². The second-order valence-electron chi connectivity index (χ2n) is 9.35. The lowest BCUT2D eigenvalue weighted by molar-refractivity contribution is -0.133. The molecule has 1 aliphatic heterocycles. The number of anilines is 1. The Morgan fingerprint density at radius 2 is 1.44 bits per heavy atom. The van der Waals surface area contributed by atoms with Crippen molar-refractivity contribution in [3.8, 4) is 22.8 Å². The number of hydrogen-bond donors (Lipinski definition) is 0. The van der Waals surface area contributed by atoms with Crippen LogP contribution in [-0.2, 0) is 4.79 Å². The van der Waals surface area contributed by atoms with Crippen LogP contribution in [0.1, 0.15) is 17.9 Å². The SMILES string of the molecule is O=C([C@H]1C[C@H]1c1ccccc1)N1CCN(c2nccc(-c3ccc(Oc4ccccc4)cc3)n2)CC1. The third-order valence-corrected chi connectivity index (χ3v) is 6.98. The van der Waals surface area contributed by atoms with Gasteiger partial charge in [0.1, 0.15) is 11.5 Å². The summed E-state index contributed by atoms with van der Waals surface area (Å²) in [6.45, 7) is 2.88. The van der Waals surface area contributed by atoms with Crippen LogP contribution < -0.4 is 9.64 Å². The summed E-state index contributed by atoms with van der Waals surface area (Å²) in [7, 11) is 0. The molecule has 2 aliphatic rings. The molecule has 6 heteroatoms. The number of nitrogens with zero attached hydrogens (tertiary/aromatic N) is 4. The lowest BCUT2D eigenvalue weighted by Crippen LogP contribution is -2.49. The van der Waals surface area contributed by atoms with Crippen molar-refractivity contribution in [2.75, 3.05) is 31.1 Å². The van der Waals surface area contributed by atoms with Gasteiger partial charge in [-0.2, -0.15) is 0 Å². The quantitative estimate of drug-likeness (QED) is 0.374. The number of ether oxygens (including phenoxy) is 1. The van der Waals surface area contributed by atoms with E-state index in [0.29, 0.717) is 25.0 Å². The van der Waals surface area contributed by atoms with Gasteiger partial charge in [-0.15, -0.1) is 0 Å². The maximum absolute atomic E-state index is 13.0. The molecule has 180 valence electrons. The van der Waals surface area contributed by atoms with Gasteiger partial charge in [-0.25, -0.2) is 9.97 Å². The van der Waals surface area contributed by atoms with Crippen LogP contribution in [0.3, 0.4) is 0 Å². The van der Waals surface area contributed by atoms with Crippen LogP contribution in [0.4, 0.5) is 5.95 Å². The first-order valence-electron chi connectivity index (χ1n) is 12.5. The molecule has 4 aromatic rings. The Balaban J connectivity index is 1.06. The molecule has 2 fully saturated rings. The molecule has 1 aliphatic carbocycles. The van der Waals surface area contributed by atoms with E-state index in [1.54, 1.807) is 6.20 Å². The van der Waals surface area contributed by atoms with Crippen LogP contribution in [0, 0.1) is 5.92 Å². The Kier molecular flexibility index (Phi) is 6.08. The summed E-state index contributed by atoms with van der Waals surface area (Å²) < 4.78 is 5.90. The van der Waals surface area contributed by atoms with Gasteiger partial charge in [-0.05, 0) is 60.4 Å². The number of aromatic nitrogens is 2. The molecule has 2 heterocycles. The fourth-order valence-electron chi connectivity index (χ4n) is 4.88. The molecule has 1 saturated carbocycles. The van der Waals surface area contributed by atoms with Crippen LogP contribution in [0.2, 0.25) is 0 Å².